The number of carbonyl (C=O) groups excluding carboxylic acids is 2. The van der Waals surface area contributed by atoms with Crippen LogP contribution in [0, 0.1) is 0 Å². The highest BCUT2D eigenvalue weighted by Gasteiger charge is 1.98. The second-order valence-corrected chi connectivity index (χ2v) is 1.74. The summed E-state index contributed by atoms with van der Waals surface area (Å²) >= 11 is 0. The number of hydrogen-bond acceptors (Lipinski definition) is 3. The zero-order valence-electron chi connectivity index (χ0n) is 5.04. The van der Waals surface area contributed by atoms with Crippen LogP contribution in [0.4, 0.5) is 0 Å². The van der Waals surface area contributed by atoms with Crippen LogP contribution in [0.2, 0.25) is 0 Å². The summed E-state index contributed by atoms with van der Waals surface area (Å²) in [4.78, 5) is 19.3. The molecular weight excluding hydrogens is 120 g/mol. The fourth-order valence-electron chi connectivity index (χ4n) is 0.451. The van der Waals surface area contributed by atoms with Crippen molar-refractivity contribution in [2.24, 2.45) is 0 Å². The van der Waals surface area contributed by atoms with Crippen molar-refractivity contribution in [2.45, 2.75) is 25.4 Å². The lowest BCUT2D eigenvalue weighted by atomic mass is 10.2. The normalized spacial score (nSPS) is 12.6. The van der Waals surface area contributed by atoms with Gasteiger partial charge in [-0.05, 0) is 12.8 Å². The highest BCUT2D eigenvalue weighted by molar-refractivity contribution is 5.55. The Balaban J connectivity index is 3.05. The molecule has 1 unspecified atom stereocenters. The lowest BCUT2D eigenvalue weighted by Crippen LogP contribution is -2.06. The van der Waals surface area contributed by atoms with Gasteiger partial charge < -0.3 is 9.90 Å². The molecule has 1 N–H and O–H groups in total. The largest absolute Gasteiger partial charge is 0.386 e. The van der Waals surface area contributed by atoms with Gasteiger partial charge in [0, 0.05) is 6.42 Å². The molecule has 0 bridgehead atoms. The third kappa shape index (κ3) is 5.17. The van der Waals surface area contributed by atoms with Crippen LogP contribution in [-0.2, 0) is 9.59 Å². The minimum absolute atomic E-state index is 0.297. The fraction of sp³-hybridized carbons (Fsp3) is 0.667. The van der Waals surface area contributed by atoms with Crippen LogP contribution in [0.15, 0.2) is 0 Å². The molecule has 1 atom stereocenters. The van der Waals surface area contributed by atoms with E-state index in [1.807, 2.05) is 0 Å². The number of carbonyl (C=O) groups is 1. The Morgan fingerprint density at radius 1 is 1.67 bits per heavy atom. The SMILES string of the molecule is O=[C]CCCC(O)C=O. The summed E-state index contributed by atoms with van der Waals surface area (Å²) < 4.78 is 0. The number of aliphatic hydroxyl groups is 1. The van der Waals surface area contributed by atoms with E-state index in [1.54, 1.807) is 6.29 Å². The first-order valence-corrected chi connectivity index (χ1v) is 2.79. The molecule has 0 aliphatic heterocycles. The first-order chi connectivity index (χ1) is 4.31. The average molecular weight is 129 g/mol. The van der Waals surface area contributed by atoms with Gasteiger partial charge in [-0.1, -0.05) is 0 Å². The maximum atomic E-state index is 9.75. The Morgan fingerprint density at radius 3 is 2.78 bits per heavy atom. The molecule has 0 spiro atoms. The van der Waals surface area contributed by atoms with Crippen LogP contribution < -0.4 is 0 Å². The first kappa shape index (κ1) is 8.30. The third-order valence-corrected chi connectivity index (χ3v) is 0.936. The van der Waals surface area contributed by atoms with Gasteiger partial charge >= 0.3 is 0 Å². The van der Waals surface area contributed by atoms with Gasteiger partial charge in [0.1, 0.15) is 12.4 Å². The van der Waals surface area contributed by atoms with Crippen LogP contribution in [0.3, 0.4) is 0 Å². The van der Waals surface area contributed by atoms with E-state index in [0.29, 0.717) is 25.5 Å². The molecule has 0 fully saturated rings. The fourth-order valence-corrected chi connectivity index (χ4v) is 0.451. The highest BCUT2D eigenvalue weighted by Crippen LogP contribution is 1.95. The van der Waals surface area contributed by atoms with Crippen LogP contribution in [0.25, 0.3) is 0 Å². The van der Waals surface area contributed by atoms with Gasteiger partial charge in [-0.3, -0.25) is 4.79 Å². The van der Waals surface area contributed by atoms with Gasteiger partial charge in [0.25, 0.3) is 0 Å². The molecular formula is C6H9O3. The van der Waals surface area contributed by atoms with Gasteiger partial charge in [-0.25, -0.2) is 0 Å². The number of hydrogen-bond donors (Lipinski definition) is 1. The van der Waals surface area contributed by atoms with Gasteiger partial charge in [0.15, 0.2) is 6.29 Å². The number of aldehydes is 1. The standard InChI is InChI=1S/C6H9O3/c7-4-2-1-3-6(9)5-8/h5-6,9H,1-3H2. The molecule has 0 saturated heterocycles. The van der Waals surface area contributed by atoms with Gasteiger partial charge in [-0.15, -0.1) is 0 Å². The van der Waals surface area contributed by atoms with E-state index in [9.17, 15) is 9.59 Å². The molecule has 51 valence electrons. The molecule has 0 aromatic carbocycles. The summed E-state index contributed by atoms with van der Waals surface area (Å²) in [5.74, 6) is 0. The summed E-state index contributed by atoms with van der Waals surface area (Å²) in [6, 6.07) is 0. The lowest BCUT2D eigenvalue weighted by molar-refractivity contribution is -0.115. The van der Waals surface area contributed by atoms with Crippen molar-refractivity contribution in [1.29, 1.82) is 0 Å². The van der Waals surface area contributed by atoms with E-state index in [0.717, 1.165) is 0 Å². The van der Waals surface area contributed by atoms with Crippen molar-refractivity contribution in [2.75, 3.05) is 0 Å². The van der Waals surface area contributed by atoms with Crippen molar-refractivity contribution in [1.82, 2.24) is 0 Å². The summed E-state index contributed by atoms with van der Waals surface area (Å²) in [6.45, 7) is 0. The highest BCUT2D eigenvalue weighted by atomic mass is 16.3. The number of aliphatic hydroxyl groups excluding tert-OH is 1. The molecule has 0 amide bonds. The molecule has 0 heterocycles. The average Bonchev–Trinajstić information content (AvgIpc) is 1.89. The molecule has 1 radical (unpaired) electrons. The maximum Gasteiger partial charge on any atom is 0.198 e. The molecule has 0 aromatic rings. The van der Waals surface area contributed by atoms with E-state index in [4.69, 9.17) is 5.11 Å². The topological polar surface area (TPSA) is 54.4 Å². The quantitative estimate of drug-likeness (QED) is 0.414. The van der Waals surface area contributed by atoms with Crippen LogP contribution in [-0.4, -0.2) is 23.8 Å². The first-order valence-electron chi connectivity index (χ1n) is 2.79. The van der Waals surface area contributed by atoms with E-state index < -0.39 is 6.10 Å². The number of rotatable bonds is 5. The second-order valence-electron chi connectivity index (χ2n) is 1.74. The summed E-state index contributed by atoms with van der Waals surface area (Å²) in [5, 5.41) is 8.59. The Labute approximate surface area is 53.7 Å². The van der Waals surface area contributed by atoms with E-state index in [1.165, 1.54) is 0 Å². The van der Waals surface area contributed by atoms with Crippen molar-refractivity contribution in [3.8, 4) is 0 Å². The zero-order chi connectivity index (χ0) is 7.11. The zero-order valence-corrected chi connectivity index (χ0v) is 5.04. The summed E-state index contributed by atoms with van der Waals surface area (Å²) in [5.41, 5.74) is 0. The van der Waals surface area contributed by atoms with E-state index in [2.05, 4.69) is 0 Å². The van der Waals surface area contributed by atoms with Crippen LogP contribution in [0.1, 0.15) is 19.3 Å². The Morgan fingerprint density at radius 2 is 2.33 bits per heavy atom. The molecule has 3 heteroatoms. The molecule has 0 aliphatic carbocycles. The minimum atomic E-state index is -0.904. The molecule has 3 nitrogen and oxygen atoms in total. The van der Waals surface area contributed by atoms with Crippen molar-refractivity contribution in [3.05, 3.63) is 0 Å². The van der Waals surface area contributed by atoms with Crippen molar-refractivity contribution in [3.63, 3.8) is 0 Å². The predicted molar refractivity (Wildman–Crippen MR) is 31.6 cm³/mol. The second kappa shape index (κ2) is 5.44. The molecule has 0 rings (SSSR count). The number of unbranched alkanes of at least 4 members (excludes halogenated alkanes) is 1. The summed E-state index contributed by atoms with van der Waals surface area (Å²) in [6.07, 6.45) is 2.42. The molecule has 9 heavy (non-hydrogen) atoms. The van der Waals surface area contributed by atoms with Crippen LogP contribution in [0.5, 0.6) is 0 Å². The molecule has 0 aliphatic rings. The lowest BCUT2D eigenvalue weighted by Gasteiger charge is -1.96. The predicted octanol–water partition coefficient (Wildman–Crippen LogP) is -0.174. The monoisotopic (exact) mass is 129 g/mol. The molecule has 0 aromatic heterocycles. The summed E-state index contributed by atoms with van der Waals surface area (Å²) in [7, 11) is 0. The molecule has 0 saturated carbocycles. The Kier molecular flexibility index (Phi) is 5.01. The maximum absolute atomic E-state index is 9.75. The van der Waals surface area contributed by atoms with Gasteiger partial charge in [-0.2, -0.15) is 0 Å². The Bertz CT molecular complexity index is 90.3. The van der Waals surface area contributed by atoms with E-state index >= 15 is 0 Å². The smallest absolute Gasteiger partial charge is 0.198 e. The van der Waals surface area contributed by atoms with E-state index in [-0.39, 0.29) is 0 Å². The van der Waals surface area contributed by atoms with Gasteiger partial charge in [0.2, 0.25) is 0 Å². The van der Waals surface area contributed by atoms with Crippen LogP contribution >= 0.6 is 0 Å². The Hall–Kier alpha value is -0.700. The third-order valence-electron chi connectivity index (χ3n) is 0.936. The van der Waals surface area contributed by atoms with Crippen molar-refractivity contribution < 1.29 is 14.7 Å². The van der Waals surface area contributed by atoms with Crippen molar-refractivity contribution >= 4 is 12.6 Å². The van der Waals surface area contributed by atoms with Gasteiger partial charge in [0.05, 0.1) is 0 Å². The minimum Gasteiger partial charge on any atom is -0.386 e.